The number of aromatic nitrogens is 3. The minimum absolute atomic E-state index is 0.0554. The smallest absolute Gasteiger partial charge is 0.254 e. The van der Waals surface area contributed by atoms with Crippen molar-refractivity contribution in [3.8, 4) is 0 Å². The molecule has 7 heteroatoms. The highest BCUT2D eigenvalue weighted by Gasteiger charge is 2.31. The normalized spacial score (nSPS) is 21.5. The van der Waals surface area contributed by atoms with Crippen LogP contribution in [0.2, 0.25) is 0 Å². The van der Waals surface area contributed by atoms with Crippen LogP contribution in [-0.4, -0.2) is 45.0 Å². The third-order valence-electron chi connectivity index (χ3n) is 6.87. The zero-order valence-corrected chi connectivity index (χ0v) is 19.0. The zero-order valence-electron chi connectivity index (χ0n) is 19.0. The molecule has 0 unspecified atom stereocenters. The van der Waals surface area contributed by atoms with Crippen molar-refractivity contribution in [2.45, 2.75) is 52.5 Å². The van der Waals surface area contributed by atoms with E-state index >= 15 is 0 Å². The maximum absolute atomic E-state index is 13.6. The van der Waals surface area contributed by atoms with Crippen LogP contribution in [0.1, 0.15) is 65.8 Å². The average molecular weight is 436 g/mol. The molecule has 2 aromatic heterocycles. The largest absolute Gasteiger partial charge is 0.356 e. The first-order valence-electron chi connectivity index (χ1n) is 11.6. The SMILES string of the molecule is Cc1cc(F)ccc1C(=O)N1CCCC[C@H]1c1cc2nc(N3CC[C@H](C)C3)c(C)cn2n1. The Morgan fingerprint density at radius 3 is 2.69 bits per heavy atom. The molecule has 2 aliphatic rings. The third kappa shape index (κ3) is 3.74. The van der Waals surface area contributed by atoms with Crippen molar-refractivity contribution in [3.63, 3.8) is 0 Å². The Labute approximate surface area is 188 Å². The van der Waals surface area contributed by atoms with E-state index in [-0.39, 0.29) is 17.8 Å². The Morgan fingerprint density at radius 2 is 1.94 bits per heavy atom. The van der Waals surface area contributed by atoms with E-state index in [1.165, 1.54) is 18.6 Å². The maximum atomic E-state index is 13.6. The quantitative estimate of drug-likeness (QED) is 0.599. The molecule has 2 atom stereocenters. The molecule has 1 aromatic carbocycles. The van der Waals surface area contributed by atoms with Crippen LogP contribution in [0.4, 0.5) is 10.2 Å². The first-order chi connectivity index (χ1) is 15.4. The Morgan fingerprint density at radius 1 is 1.09 bits per heavy atom. The van der Waals surface area contributed by atoms with Gasteiger partial charge in [0.1, 0.15) is 11.6 Å². The van der Waals surface area contributed by atoms with Gasteiger partial charge in [-0.3, -0.25) is 4.79 Å². The van der Waals surface area contributed by atoms with E-state index < -0.39 is 0 Å². The van der Waals surface area contributed by atoms with Crippen LogP contribution < -0.4 is 4.90 Å². The third-order valence-corrected chi connectivity index (χ3v) is 6.87. The molecule has 1 amide bonds. The van der Waals surface area contributed by atoms with Gasteiger partial charge in [-0.2, -0.15) is 5.10 Å². The van der Waals surface area contributed by atoms with Crippen molar-refractivity contribution in [1.29, 1.82) is 0 Å². The number of halogens is 1. The van der Waals surface area contributed by atoms with E-state index in [1.54, 1.807) is 13.0 Å². The molecule has 5 rings (SSSR count). The molecule has 2 aliphatic heterocycles. The van der Waals surface area contributed by atoms with Crippen LogP contribution >= 0.6 is 0 Å². The predicted octanol–water partition coefficient (Wildman–Crippen LogP) is 4.70. The van der Waals surface area contributed by atoms with E-state index in [2.05, 4.69) is 18.7 Å². The number of benzene rings is 1. The highest BCUT2D eigenvalue weighted by Crippen LogP contribution is 2.33. The molecule has 2 fully saturated rings. The van der Waals surface area contributed by atoms with E-state index in [4.69, 9.17) is 10.1 Å². The summed E-state index contributed by atoms with van der Waals surface area (Å²) in [6.45, 7) is 8.90. The molecular formula is C25H30FN5O. The van der Waals surface area contributed by atoms with E-state index in [0.717, 1.165) is 55.1 Å². The lowest BCUT2D eigenvalue weighted by atomic mass is 9.97. The number of fused-ring (bicyclic) bond motifs is 1. The van der Waals surface area contributed by atoms with Crippen LogP contribution in [-0.2, 0) is 0 Å². The van der Waals surface area contributed by atoms with Gasteiger partial charge in [-0.15, -0.1) is 0 Å². The van der Waals surface area contributed by atoms with Crippen molar-refractivity contribution >= 4 is 17.4 Å². The number of rotatable bonds is 3. The van der Waals surface area contributed by atoms with Crippen molar-refractivity contribution in [2.75, 3.05) is 24.5 Å². The van der Waals surface area contributed by atoms with Crippen LogP contribution in [0.25, 0.3) is 5.65 Å². The van der Waals surface area contributed by atoms with Crippen molar-refractivity contribution in [2.24, 2.45) is 5.92 Å². The summed E-state index contributed by atoms with van der Waals surface area (Å²) in [6, 6.07) is 6.30. The molecular weight excluding hydrogens is 405 g/mol. The number of aryl methyl sites for hydroxylation is 2. The summed E-state index contributed by atoms with van der Waals surface area (Å²) in [6.07, 6.45) is 6.12. The molecule has 6 nitrogen and oxygen atoms in total. The lowest BCUT2D eigenvalue weighted by Crippen LogP contribution is -2.39. The minimum atomic E-state index is -0.320. The second-order valence-electron chi connectivity index (χ2n) is 9.43. The van der Waals surface area contributed by atoms with Gasteiger partial charge in [-0.1, -0.05) is 6.92 Å². The van der Waals surface area contributed by atoms with Gasteiger partial charge < -0.3 is 9.80 Å². The number of likely N-dealkylation sites (tertiary alicyclic amines) is 1. The summed E-state index contributed by atoms with van der Waals surface area (Å²) >= 11 is 0. The lowest BCUT2D eigenvalue weighted by molar-refractivity contribution is 0.0605. The summed E-state index contributed by atoms with van der Waals surface area (Å²) in [7, 11) is 0. The van der Waals surface area contributed by atoms with Gasteiger partial charge in [0.25, 0.3) is 5.91 Å². The standard InChI is InChI=1S/C25H30FN5O/c1-16-9-11-29(14-16)24-18(3)15-31-23(27-24)13-21(28-31)22-6-4-5-10-30(22)25(32)20-8-7-19(26)12-17(20)2/h7-8,12-13,15-16,22H,4-6,9-11,14H2,1-3H3/t16-,22-/m0/s1. The molecule has 0 N–H and O–H groups in total. The second-order valence-corrected chi connectivity index (χ2v) is 9.43. The summed E-state index contributed by atoms with van der Waals surface area (Å²) in [5.74, 6) is 1.34. The molecule has 0 spiro atoms. The zero-order chi connectivity index (χ0) is 22.4. The van der Waals surface area contributed by atoms with Gasteiger partial charge >= 0.3 is 0 Å². The molecule has 2 saturated heterocycles. The van der Waals surface area contributed by atoms with Gasteiger partial charge in [-0.05, 0) is 69.2 Å². The molecule has 4 heterocycles. The number of hydrogen-bond acceptors (Lipinski definition) is 4. The lowest BCUT2D eigenvalue weighted by Gasteiger charge is -2.35. The Bertz CT molecular complexity index is 1170. The fourth-order valence-electron chi connectivity index (χ4n) is 5.13. The monoisotopic (exact) mass is 435 g/mol. The fourth-order valence-corrected chi connectivity index (χ4v) is 5.13. The Balaban J connectivity index is 1.47. The Kier molecular flexibility index (Phi) is 5.35. The van der Waals surface area contributed by atoms with Crippen LogP contribution in [0, 0.1) is 25.6 Å². The van der Waals surface area contributed by atoms with Crippen molar-refractivity contribution in [3.05, 3.63) is 58.7 Å². The van der Waals surface area contributed by atoms with Gasteiger partial charge in [0.15, 0.2) is 5.65 Å². The van der Waals surface area contributed by atoms with Crippen LogP contribution in [0.15, 0.2) is 30.5 Å². The molecule has 0 radical (unpaired) electrons. The molecule has 3 aromatic rings. The Hall–Kier alpha value is -2.96. The highest BCUT2D eigenvalue weighted by molar-refractivity contribution is 5.96. The number of nitrogens with zero attached hydrogens (tertiary/aromatic N) is 5. The number of anilines is 1. The van der Waals surface area contributed by atoms with E-state index in [0.29, 0.717) is 23.6 Å². The molecule has 0 saturated carbocycles. The maximum Gasteiger partial charge on any atom is 0.254 e. The molecule has 0 aliphatic carbocycles. The fraction of sp³-hybridized carbons (Fsp3) is 0.480. The van der Waals surface area contributed by atoms with Gasteiger partial charge in [0.2, 0.25) is 0 Å². The number of amides is 1. The topological polar surface area (TPSA) is 53.7 Å². The second kappa shape index (κ2) is 8.19. The number of carbonyl (C=O) groups is 1. The van der Waals surface area contributed by atoms with Gasteiger partial charge in [0, 0.05) is 43.0 Å². The first-order valence-corrected chi connectivity index (χ1v) is 11.6. The number of carbonyl (C=O) groups excluding carboxylic acids is 1. The molecule has 32 heavy (non-hydrogen) atoms. The highest BCUT2D eigenvalue weighted by atomic mass is 19.1. The summed E-state index contributed by atoms with van der Waals surface area (Å²) in [5, 5.41) is 4.82. The first kappa shape index (κ1) is 20.9. The van der Waals surface area contributed by atoms with Crippen LogP contribution in [0.3, 0.4) is 0 Å². The molecule has 0 bridgehead atoms. The van der Waals surface area contributed by atoms with Gasteiger partial charge in [-0.25, -0.2) is 13.9 Å². The summed E-state index contributed by atoms with van der Waals surface area (Å²) in [4.78, 5) is 22.6. The number of hydrogen-bond donors (Lipinski definition) is 0. The summed E-state index contributed by atoms with van der Waals surface area (Å²) < 4.78 is 15.4. The molecule has 168 valence electrons. The predicted molar refractivity (Wildman–Crippen MR) is 122 cm³/mol. The van der Waals surface area contributed by atoms with Crippen molar-refractivity contribution < 1.29 is 9.18 Å². The summed E-state index contributed by atoms with van der Waals surface area (Å²) in [5.41, 5.74) is 4.02. The average Bonchev–Trinajstić information content (AvgIpc) is 3.38. The van der Waals surface area contributed by atoms with Gasteiger partial charge in [0.05, 0.1) is 11.7 Å². The minimum Gasteiger partial charge on any atom is -0.356 e. The van der Waals surface area contributed by atoms with Crippen molar-refractivity contribution in [1.82, 2.24) is 19.5 Å². The van der Waals surface area contributed by atoms with E-state index in [1.807, 2.05) is 21.7 Å². The number of piperidine rings is 1. The van der Waals surface area contributed by atoms with Crippen LogP contribution in [0.5, 0.6) is 0 Å². The van der Waals surface area contributed by atoms with E-state index in [9.17, 15) is 9.18 Å².